The quantitative estimate of drug-likeness (QED) is 0.414. The van der Waals surface area contributed by atoms with Gasteiger partial charge in [0.25, 0.3) is 11.6 Å². The molecule has 10 heteroatoms. The first-order valence-electron chi connectivity index (χ1n) is 8.68. The molecule has 0 spiro atoms. The van der Waals surface area contributed by atoms with Crippen molar-refractivity contribution < 1.29 is 27.7 Å². The van der Waals surface area contributed by atoms with Crippen molar-refractivity contribution in [2.24, 2.45) is 0 Å². The van der Waals surface area contributed by atoms with Gasteiger partial charge in [0.2, 0.25) is 0 Å². The Bertz CT molecular complexity index is 1110. The molecular formula is C19H18N2O7S. The average Bonchev–Trinajstić information content (AvgIpc) is 3.10. The van der Waals surface area contributed by atoms with Crippen LogP contribution in [0.5, 0.6) is 0 Å². The van der Waals surface area contributed by atoms with Crippen molar-refractivity contribution in [3.63, 3.8) is 0 Å². The maximum absolute atomic E-state index is 12.7. The molecule has 0 aromatic heterocycles. The van der Waals surface area contributed by atoms with Crippen LogP contribution in [0.15, 0.2) is 47.4 Å². The standard InChI is InChI=1S/C19H18N2O7S/c1-12(18(22)20-10-9-13-5-3-4-6-15(13)20)28-19(23)14-7-8-17(29(2,26)27)16(11-14)21(24)25/h3-8,11-12H,9-10H2,1-2H3/t12-/m1/s1. The number of carbonyl (C=O) groups excluding carboxylic acids is 2. The number of hydrogen-bond donors (Lipinski definition) is 0. The number of amides is 1. The average molecular weight is 418 g/mol. The molecule has 0 radical (unpaired) electrons. The first-order valence-corrected chi connectivity index (χ1v) is 10.6. The molecule has 1 aliphatic rings. The Morgan fingerprint density at radius 3 is 2.55 bits per heavy atom. The van der Waals surface area contributed by atoms with Gasteiger partial charge >= 0.3 is 5.97 Å². The van der Waals surface area contributed by atoms with Gasteiger partial charge in [0.05, 0.1) is 10.5 Å². The Morgan fingerprint density at radius 2 is 1.90 bits per heavy atom. The van der Waals surface area contributed by atoms with Gasteiger partial charge in [-0.25, -0.2) is 13.2 Å². The first kappa shape index (κ1) is 20.5. The molecule has 1 heterocycles. The highest BCUT2D eigenvalue weighted by molar-refractivity contribution is 7.90. The van der Waals surface area contributed by atoms with Crippen molar-refractivity contribution in [2.45, 2.75) is 24.3 Å². The minimum atomic E-state index is -3.85. The van der Waals surface area contributed by atoms with E-state index < -0.39 is 43.3 Å². The van der Waals surface area contributed by atoms with Crippen molar-refractivity contribution in [1.29, 1.82) is 0 Å². The molecule has 1 aliphatic heterocycles. The van der Waals surface area contributed by atoms with Crippen LogP contribution >= 0.6 is 0 Å². The van der Waals surface area contributed by atoms with Crippen molar-refractivity contribution in [3.05, 3.63) is 63.7 Å². The Morgan fingerprint density at radius 1 is 1.21 bits per heavy atom. The lowest BCUT2D eigenvalue weighted by atomic mass is 10.2. The SMILES string of the molecule is C[C@@H](OC(=O)c1ccc(S(C)(=O)=O)c([N+](=O)[O-])c1)C(=O)N1CCc2ccccc21. The second kappa shape index (κ2) is 7.63. The van der Waals surface area contributed by atoms with E-state index in [-0.39, 0.29) is 5.56 Å². The third kappa shape index (κ3) is 4.11. The second-order valence-electron chi connectivity index (χ2n) is 6.63. The Labute approximate surface area is 167 Å². The maximum Gasteiger partial charge on any atom is 0.339 e. The minimum Gasteiger partial charge on any atom is -0.449 e. The lowest BCUT2D eigenvalue weighted by molar-refractivity contribution is -0.387. The molecule has 2 aromatic rings. The number of nitrogens with zero attached hydrogens (tertiary/aromatic N) is 2. The molecule has 152 valence electrons. The first-order chi connectivity index (χ1) is 13.6. The molecule has 9 nitrogen and oxygen atoms in total. The van der Waals surface area contributed by atoms with E-state index in [1.807, 2.05) is 24.3 Å². The fourth-order valence-electron chi connectivity index (χ4n) is 3.17. The van der Waals surface area contributed by atoms with Crippen molar-refractivity contribution in [2.75, 3.05) is 17.7 Å². The van der Waals surface area contributed by atoms with Gasteiger partial charge in [0.15, 0.2) is 15.9 Å². The molecule has 0 N–H and O–H groups in total. The van der Waals surface area contributed by atoms with Crippen LogP contribution in [0.4, 0.5) is 11.4 Å². The number of hydrogen-bond acceptors (Lipinski definition) is 7. The molecule has 3 rings (SSSR count). The third-order valence-electron chi connectivity index (χ3n) is 4.58. The summed E-state index contributed by atoms with van der Waals surface area (Å²) < 4.78 is 28.6. The molecule has 1 atom stereocenters. The Balaban J connectivity index is 1.79. The number of fused-ring (bicyclic) bond motifs is 1. The molecule has 0 fully saturated rings. The zero-order valence-electron chi connectivity index (χ0n) is 15.7. The highest BCUT2D eigenvalue weighted by Gasteiger charge is 2.31. The smallest absolute Gasteiger partial charge is 0.339 e. The number of carbonyl (C=O) groups is 2. The number of nitro benzene ring substituents is 1. The lowest BCUT2D eigenvalue weighted by Gasteiger charge is -2.21. The lowest BCUT2D eigenvalue weighted by Crippen LogP contribution is -2.39. The van der Waals surface area contributed by atoms with Gasteiger partial charge in [-0.1, -0.05) is 18.2 Å². The fraction of sp³-hybridized carbons (Fsp3) is 0.263. The number of benzene rings is 2. The van der Waals surface area contributed by atoms with E-state index in [9.17, 15) is 28.1 Å². The van der Waals surface area contributed by atoms with Crippen LogP contribution in [0.25, 0.3) is 0 Å². The molecule has 29 heavy (non-hydrogen) atoms. The summed E-state index contributed by atoms with van der Waals surface area (Å²) in [7, 11) is -3.85. The summed E-state index contributed by atoms with van der Waals surface area (Å²) in [4.78, 5) is 36.4. The highest BCUT2D eigenvalue weighted by atomic mass is 32.2. The maximum atomic E-state index is 12.7. The summed E-state index contributed by atoms with van der Waals surface area (Å²) in [5, 5.41) is 11.2. The molecule has 0 saturated carbocycles. The molecule has 2 aromatic carbocycles. The van der Waals surface area contributed by atoms with E-state index in [1.165, 1.54) is 11.8 Å². The molecular weight excluding hydrogens is 400 g/mol. The largest absolute Gasteiger partial charge is 0.449 e. The molecule has 1 amide bonds. The number of anilines is 1. The number of sulfone groups is 1. The van der Waals surface area contributed by atoms with Gasteiger partial charge in [0, 0.05) is 24.6 Å². The normalized spacial score (nSPS) is 14.2. The van der Waals surface area contributed by atoms with Crippen LogP contribution < -0.4 is 4.90 Å². The fourth-order valence-corrected chi connectivity index (χ4v) is 3.99. The van der Waals surface area contributed by atoms with Gasteiger partial charge in [-0.3, -0.25) is 14.9 Å². The van der Waals surface area contributed by atoms with Crippen LogP contribution in [0.2, 0.25) is 0 Å². The van der Waals surface area contributed by atoms with Gasteiger partial charge < -0.3 is 9.64 Å². The number of rotatable bonds is 5. The molecule has 0 saturated heterocycles. The monoisotopic (exact) mass is 418 g/mol. The summed E-state index contributed by atoms with van der Waals surface area (Å²) in [5.74, 6) is -1.37. The summed E-state index contributed by atoms with van der Waals surface area (Å²) >= 11 is 0. The predicted octanol–water partition coefficient (Wildman–Crippen LogP) is 2.13. The van der Waals surface area contributed by atoms with Crippen LogP contribution in [0, 0.1) is 10.1 Å². The van der Waals surface area contributed by atoms with E-state index >= 15 is 0 Å². The van der Waals surface area contributed by atoms with E-state index in [2.05, 4.69) is 0 Å². The van der Waals surface area contributed by atoms with Crippen molar-refractivity contribution >= 4 is 33.1 Å². The highest BCUT2D eigenvalue weighted by Crippen LogP contribution is 2.29. The minimum absolute atomic E-state index is 0.217. The second-order valence-corrected chi connectivity index (χ2v) is 8.61. The number of nitro groups is 1. The summed E-state index contributed by atoms with van der Waals surface area (Å²) in [6.45, 7) is 1.88. The van der Waals surface area contributed by atoms with Gasteiger partial charge in [0.1, 0.15) is 4.90 Å². The molecule has 0 unspecified atom stereocenters. The van der Waals surface area contributed by atoms with Gasteiger partial charge in [-0.2, -0.15) is 0 Å². The predicted molar refractivity (Wildman–Crippen MR) is 104 cm³/mol. The van der Waals surface area contributed by atoms with Crippen LogP contribution in [-0.2, 0) is 25.8 Å². The topological polar surface area (TPSA) is 124 Å². The van der Waals surface area contributed by atoms with Gasteiger partial charge in [-0.05, 0) is 37.1 Å². The van der Waals surface area contributed by atoms with E-state index in [0.717, 1.165) is 35.7 Å². The van der Waals surface area contributed by atoms with E-state index in [4.69, 9.17) is 4.74 Å². The Kier molecular flexibility index (Phi) is 5.38. The number of esters is 1. The molecule has 0 aliphatic carbocycles. The third-order valence-corrected chi connectivity index (χ3v) is 5.72. The van der Waals surface area contributed by atoms with Crippen LogP contribution in [-0.4, -0.2) is 44.1 Å². The van der Waals surface area contributed by atoms with Crippen molar-refractivity contribution in [3.8, 4) is 0 Å². The Hall–Kier alpha value is -3.27. The summed E-state index contributed by atoms with van der Waals surface area (Å²) in [6.07, 6.45) is 0.409. The summed E-state index contributed by atoms with van der Waals surface area (Å²) in [6, 6.07) is 10.3. The number of para-hydroxylation sites is 1. The van der Waals surface area contributed by atoms with E-state index in [1.54, 1.807) is 0 Å². The molecule has 0 bridgehead atoms. The van der Waals surface area contributed by atoms with Gasteiger partial charge in [-0.15, -0.1) is 0 Å². The van der Waals surface area contributed by atoms with Crippen LogP contribution in [0.3, 0.4) is 0 Å². The van der Waals surface area contributed by atoms with Crippen molar-refractivity contribution in [1.82, 2.24) is 0 Å². The zero-order valence-corrected chi connectivity index (χ0v) is 16.5. The zero-order chi connectivity index (χ0) is 21.3. The summed E-state index contributed by atoms with van der Waals surface area (Å²) in [5.41, 5.74) is 0.833. The van der Waals surface area contributed by atoms with E-state index in [0.29, 0.717) is 13.0 Å². The number of ether oxygens (including phenoxy) is 1. The van der Waals surface area contributed by atoms with Crippen LogP contribution in [0.1, 0.15) is 22.8 Å².